The molecule has 2 rings (SSSR count). The van der Waals surface area contributed by atoms with Crippen LogP contribution in [0.5, 0.6) is 5.75 Å². The van der Waals surface area contributed by atoms with Crippen LogP contribution < -0.4 is 10.1 Å². The highest BCUT2D eigenvalue weighted by molar-refractivity contribution is 5.74. The van der Waals surface area contributed by atoms with Crippen molar-refractivity contribution in [2.24, 2.45) is 0 Å². The van der Waals surface area contributed by atoms with E-state index in [1.165, 1.54) is 0 Å². The van der Waals surface area contributed by atoms with Crippen molar-refractivity contribution in [2.45, 2.75) is 18.9 Å². The summed E-state index contributed by atoms with van der Waals surface area (Å²) in [4.78, 5) is 13.9. The molecule has 1 atom stereocenters. The Kier molecular flexibility index (Phi) is 5.68. The number of benzene rings is 1. The van der Waals surface area contributed by atoms with E-state index < -0.39 is 0 Å². The van der Waals surface area contributed by atoms with E-state index >= 15 is 0 Å². The summed E-state index contributed by atoms with van der Waals surface area (Å²) in [5, 5.41) is 2.86. The van der Waals surface area contributed by atoms with Crippen LogP contribution in [0.15, 0.2) is 30.3 Å². The number of nitrogens with one attached hydrogen (secondary N) is 1. The Morgan fingerprint density at radius 2 is 2.20 bits per heavy atom. The van der Waals surface area contributed by atoms with Gasteiger partial charge in [0.1, 0.15) is 12.4 Å². The maximum Gasteiger partial charge on any atom is 0.317 e. The first-order valence-electron chi connectivity index (χ1n) is 7.02. The van der Waals surface area contributed by atoms with Gasteiger partial charge in [-0.15, -0.1) is 0 Å². The average molecular weight is 278 g/mol. The molecule has 1 fully saturated rings. The molecular formula is C15H22N2O3. The Labute approximate surface area is 119 Å². The molecule has 20 heavy (non-hydrogen) atoms. The van der Waals surface area contributed by atoms with Gasteiger partial charge >= 0.3 is 6.03 Å². The van der Waals surface area contributed by atoms with Crippen LogP contribution in [0.4, 0.5) is 4.79 Å². The molecular weight excluding hydrogens is 256 g/mol. The monoisotopic (exact) mass is 278 g/mol. The number of ether oxygens (including phenoxy) is 2. The van der Waals surface area contributed by atoms with E-state index in [0.717, 1.165) is 25.1 Å². The Morgan fingerprint density at radius 1 is 1.40 bits per heavy atom. The molecule has 0 aromatic heterocycles. The van der Waals surface area contributed by atoms with Crippen molar-refractivity contribution in [3.63, 3.8) is 0 Å². The number of nitrogens with zero attached hydrogens (tertiary/aromatic N) is 1. The van der Waals surface area contributed by atoms with Crippen molar-refractivity contribution < 1.29 is 14.3 Å². The highest BCUT2D eigenvalue weighted by Gasteiger charge is 2.28. The van der Waals surface area contributed by atoms with E-state index in [0.29, 0.717) is 19.8 Å². The molecule has 5 nitrogen and oxygen atoms in total. The average Bonchev–Trinajstić information content (AvgIpc) is 2.95. The fourth-order valence-corrected chi connectivity index (χ4v) is 2.35. The molecule has 0 spiro atoms. The molecule has 1 aromatic carbocycles. The molecule has 1 aliphatic rings. The van der Waals surface area contributed by atoms with Gasteiger partial charge in [0.2, 0.25) is 0 Å². The summed E-state index contributed by atoms with van der Waals surface area (Å²) in [6, 6.07) is 9.82. The third-order valence-electron chi connectivity index (χ3n) is 3.41. The van der Waals surface area contributed by atoms with Gasteiger partial charge in [-0.2, -0.15) is 0 Å². The SMILES string of the molecule is COCCNC(=O)N1CCC[C@@H]1COc1ccccc1. The van der Waals surface area contributed by atoms with Crippen molar-refractivity contribution in [3.8, 4) is 5.75 Å². The van der Waals surface area contributed by atoms with Gasteiger partial charge in [-0.3, -0.25) is 0 Å². The first kappa shape index (κ1) is 14.7. The molecule has 2 amide bonds. The highest BCUT2D eigenvalue weighted by atomic mass is 16.5. The van der Waals surface area contributed by atoms with Gasteiger partial charge in [0.15, 0.2) is 0 Å². The Bertz CT molecular complexity index is 411. The van der Waals surface area contributed by atoms with Gasteiger partial charge < -0.3 is 19.7 Å². The summed E-state index contributed by atoms with van der Waals surface area (Å²) >= 11 is 0. The van der Waals surface area contributed by atoms with Gasteiger partial charge in [-0.25, -0.2) is 4.79 Å². The number of carbonyl (C=O) groups excluding carboxylic acids is 1. The lowest BCUT2D eigenvalue weighted by Gasteiger charge is -2.25. The van der Waals surface area contributed by atoms with Gasteiger partial charge in [-0.05, 0) is 25.0 Å². The zero-order chi connectivity index (χ0) is 14.2. The molecule has 1 aromatic rings. The van der Waals surface area contributed by atoms with E-state index in [1.54, 1.807) is 7.11 Å². The predicted octanol–water partition coefficient (Wildman–Crippen LogP) is 1.89. The fourth-order valence-electron chi connectivity index (χ4n) is 2.35. The lowest BCUT2D eigenvalue weighted by atomic mass is 10.2. The maximum atomic E-state index is 12.0. The first-order chi connectivity index (χ1) is 9.81. The van der Waals surface area contributed by atoms with Crippen LogP contribution in [-0.2, 0) is 4.74 Å². The summed E-state index contributed by atoms with van der Waals surface area (Å²) < 4.78 is 10.7. The van der Waals surface area contributed by atoms with Crippen LogP contribution >= 0.6 is 0 Å². The molecule has 0 saturated carbocycles. The Balaban J connectivity index is 1.79. The minimum Gasteiger partial charge on any atom is -0.491 e. The Morgan fingerprint density at radius 3 is 2.95 bits per heavy atom. The minimum absolute atomic E-state index is 0.0267. The van der Waals surface area contributed by atoms with Crippen molar-refractivity contribution in [1.82, 2.24) is 10.2 Å². The number of methoxy groups -OCH3 is 1. The minimum atomic E-state index is -0.0267. The lowest BCUT2D eigenvalue weighted by molar-refractivity contribution is 0.158. The molecule has 0 radical (unpaired) electrons. The van der Waals surface area contributed by atoms with E-state index in [2.05, 4.69) is 5.32 Å². The first-order valence-corrected chi connectivity index (χ1v) is 7.02. The quantitative estimate of drug-likeness (QED) is 0.808. The third-order valence-corrected chi connectivity index (χ3v) is 3.41. The van der Waals surface area contributed by atoms with E-state index in [-0.39, 0.29) is 12.1 Å². The predicted molar refractivity (Wildman–Crippen MR) is 76.9 cm³/mol. The van der Waals surface area contributed by atoms with Crippen LogP contribution in [0.25, 0.3) is 0 Å². The number of likely N-dealkylation sites (tertiary alicyclic amines) is 1. The zero-order valence-electron chi connectivity index (χ0n) is 11.9. The largest absolute Gasteiger partial charge is 0.491 e. The van der Waals surface area contributed by atoms with Crippen LogP contribution in [0.3, 0.4) is 0 Å². The number of carbonyl (C=O) groups is 1. The second-order valence-electron chi connectivity index (χ2n) is 4.84. The van der Waals surface area contributed by atoms with Gasteiger partial charge in [0, 0.05) is 20.2 Å². The topological polar surface area (TPSA) is 50.8 Å². The number of para-hydroxylation sites is 1. The van der Waals surface area contributed by atoms with Gasteiger partial charge in [0.25, 0.3) is 0 Å². The normalized spacial score (nSPS) is 18.1. The number of amides is 2. The van der Waals surface area contributed by atoms with Gasteiger partial charge in [0.05, 0.1) is 12.6 Å². The molecule has 1 aliphatic heterocycles. The highest BCUT2D eigenvalue weighted by Crippen LogP contribution is 2.19. The summed E-state index contributed by atoms with van der Waals surface area (Å²) in [5.41, 5.74) is 0. The van der Waals surface area contributed by atoms with E-state index in [4.69, 9.17) is 9.47 Å². The molecule has 5 heteroatoms. The standard InChI is InChI=1S/C15H22N2O3/c1-19-11-9-16-15(18)17-10-5-6-13(17)12-20-14-7-3-2-4-8-14/h2-4,7-8,13H,5-6,9-12H2,1H3,(H,16,18)/t13-/m1/s1. The van der Waals surface area contributed by atoms with Gasteiger partial charge in [-0.1, -0.05) is 18.2 Å². The molecule has 1 saturated heterocycles. The molecule has 0 bridgehead atoms. The number of rotatable bonds is 6. The summed E-state index contributed by atoms with van der Waals surface area (Å²) in [6.07, 6.45) is 2.02. The maximum absolute atomic E-state index is 12.0. The number of urea groups is 1. The summed E-state index contributed by atoms with van der Waals surface area (Å²) in [5.74, 6) is 0.846. The number of hydrogen-bond donors (Lipinski definition) is 1. The summed E-state index contributed by atoms with van der Waals surface area (Å²) in [7, 11) is 1.62. The molecule has 110 valence electrons. The third kappa shape index (κ3) is 4.13. The van der Waals surface area contributed by atoms with E-state index in [1.807, 2.05) is 35.2 Å². The van der Waals surface area contributed by atoms with Crippen LogP contribution in [0.1, 0.15) is 12.8 Å². The molecule has 1 N–H and O–H groups in total. The zero-order valence-corrected chi connectivity index (χ0v) is 11.9. The smallest absolute Gasteiger partial charge is 0.317 e. The Hall–Kier alpha value is -1.75. The van der Waals surface area contributed by atoms with Crippen molar-refractivity contribution in [2.75, 3.05) is 33.4 Å². The van der Waals surface area contributed by atoms with Crippen LogP contribution in [-0.4, -0.2) is 50.4 Å². The van der Waals surface area contributed by atoms with Crippen molar-refractivity contribution in [1.29, 1.82) is 0 Å². The molecule has 0 unspecified atom stereocenters. The molecule has 1 heterocycles. The summed E-state index contributed by atoms with van der Waals surface area (Å²) in [6.45, 7) is 2.41. The van der Waals surface area contributed by atoms with Crippen molar-refractivity contribution in [3.05, 3.63) is 30.3 Å². The molecule has 0 aliphatic carbocycles. The number of hydrogen-bond acceptors (Lipinski definition) is 3. The van der Waals surface area contributed by atoms with Crippen LogP contribution in [0, 0.1) is 0 Å². The second kappa shape index (κ2) is 7.75. The fraction of sp³-hybridized carbons (Fsp3) is 0.533. The van der Waals surface area contributed by atoms with E-state index in [9.17, 15) is 4.79 Å². The lowest BCUT2D eigenvalue weighted by Crippen LogP contribution is -2.45. The van der Waals surface area contributed by atoms with Crippen molar-refractivity contribution >= 4 is 6.03 Å². The second-order valence-corrected chi connectivity index (χ2v) is 4.84. The van der Waals surface area contributed by atoms with Crippen LogP contribution in [0.2, 0.25) is 0 Å².